The second-order valence-electron chi connectivity index (χ2n) is 14.5. The van der Waals surface area contributed by atoms with Crippen molar-refractivity contribution in [3.63, 3.8) is 0 Å². The van der Waals surface area contributed by atoms with Crippen LogP contribution in [0.2, 0.25) is 0 Å². The number of fused-ring (bicyclic) bond motifs is 15. The fraction of sp³-hybridized carbons (Fsp3) is 0. The van der Waals surface area contributed by atoms with Crippen molar-refractivity contribution in [3.05, 3.63) is 170 Å². The minimum Gasteiger partial charge on any atom is -0.456 e. The molecule has 3 nitrogen and oxygen atoms in total. The Labute approximate surface area is 303 Å². The minimum atomic E-state index is 0.899. The Kier molecular flexibility index (Phi) is 5.11. The summed E-state index contributed by atoms with van der Waals surface area (Å²) >= 11 is 0. The molecule has 9 aromatic carbocycles. The van der Waals surface area contributed by atoms with Gasteiger partial charge in [-0.2, -0.15) is 0 Å². The van der Waals surface area contributed by atoms with Gasteiger partial charge in [0.15, 0.2) is 0 Å². The van der Waals surface area contributed by atoms with Crippen LogP contribution in [0, 0.1) is 0 Å². The SMILES string of the molecule is c1ccc2c(c1)-c1cccc3cc(-n4c5c(ccc6oc7ccccc7c65)c5ccc6c(c7ccccc7n6-c6ccc7ccccc7c6)c54)cc-2c13. The molecular weight excluding hydrogens is 645 g/mol. The van der Waals surface area contributed by atoms with E-state index in [1.807, 2.05) is 0 Å². The van der Waals surface area contributed by atoms with Crippen molar-refractivity contribution < 1.29 is 4.42 Å². The van der Waals surface area contributed by atoms with E-state index in [0.717, 1.165) is 33.3 Å². The van der Waals surface area contributed by atoms with E-state index in [1.165, 1.54) is 87.4 Å². The van der Waals surface area contributed by atoms with Crippen LogP contribution >= 0.6 is 0 Å². The predicted molar refractivity (Wildman–Crippen MR) is 222 cm³/mol. The molecule has 0 fully saturated rings. The van der Waals surface area contributed by atoms with E-state index < -0.39 is 0 Å². The van der Waals surface area contributed by atoms with Crippen molar-refractivity contribution in [3.8, 4) is 33.6 Å². The highest BCUT2D eigenvalue weighted by molar-refractivity contribution is 6.31. The summed E-state index contributed by atoms with van der Waals surface area (Å²) in [6, 6.07) is 62.3. The first kappa shape index (κ1) is 27.6. The van der Waals surface area contributed by atoms with Crippen molar-refractivity contribution in [1.82, 2.24) is 9.13 Å². The lowest BCUT2D eigenvalue weighted by Gasteiger charge is -2.13. The Balaban J connectivity index is 1.26. The van der Waals surface area contributed by atoms with Gasteiger partial charge in [0.1, 0.15) is 11.2 Å². The first-order chi connectivity index (χ1) is 26.3. The molecule has 0 saturated heterocycles. The van der Waals surface area contributed by atoms with Crippen LogP contribution in [-0.4, -0.2) is 9.13 Å². The predicted octanol–water partition coefficient (Wildman–Crippen LogP) is 13.7. The molecule has 1 aliphatic rings. The largest absolute Gasteiger partial charge is 0.456 e. The molecule has 0 saturated carbocycles. The van der Waals surface area contributed by atoms with Crippen LogP contribution < -0.4 is 0 Å². The standard InChI is InChI=1S/C50H28N2O/c1-2-11-30-26-32(21-20-29(30)10-1)51-42-18-7-5-15-39(42)47-43(51)24-22-37-38-23-25-45-48(40-16-6-8-19-44(40)53-45)50(38)52(49(37)47)33-27-31-12-9-17-36-34-13-3-4-14-35(34)41(28-33)46(31)36/h1-28H. The maximum absolute atomic E-state index is 6.55. The molecule has 3 heteroatoms. The molecule has 3 aromatic heterocycles. The Morgan fingerprint density at radius 3 is 1.91 bits per heavy atom. The highest BCUT2D eigenvalue weighted by atomic mass is 16.3. The number of aromatic nitrogens is 2. The maximum atomic E-state index is 6.55. The summed E-state index contributed by atoms with van der Waals surface area (Å²) in [4.78, 5) is 0. The van der Waals surface area contributed by atoms with E-state index in [-0.39, 0.29) is 0 Å². The smallest absolute Gasteiger partial charge is 0.137 e. The molecular formula is C50H28N2O. The molecule has 0 unspecified atom stereocenters. The molecule has 12 aromatic rings. The van der Waals surface area contributed by atoms with Crippen LogP contribution in [0.1, 0.15) is 0 Å². The zero-order valence-corrected chi connectivity index (χ0v) is 28.5. The van der Waals surface area contributed by atoms with Gasteiger partial charge in [0, 0.05) is 38.3 Å². The zero-order chi connectivity index (χ0) is 34.4. The normalized spacial score (nSPS) is 12.5. The second kappa shape index (κ2) is 9.81. The minimum absolute atomic E-state index is 0.899. The van der Waals surface area contributed by atoms with E-state index in [0.29, 0.717) is 0 Å². The molecule has 0 N–H and O–H groups in total. The Hall–Kier alpha value is -7.10. The number of rotatable bonds is 2. The van der Waals surface area contributed by atoms with Crippen LogP contribution in [0.3, 0.4) is 0 Å². The third kappa shape index (κ3) is 3.49. The van der Waals surface area contributed by atoms with Crippen molar-refractivity contribution in [1.29, 1.82) is 0 Å². The zero-order valence-electron chi connectivity index (χ0n) is 28.5. The molecule has 0 atom stereocenters. The van der Waals surface area contributed by atoms with Crippen LogP contribution in [0.5, 0.6) is 0 Å². The maximum Gasteiger partial charge on any atom is 0.137 e. The van der Waals surface area contributed by atoms with Gasteiger partial charge in [-0.15, -0.1) is 0 Å². The van der Waals surface area contributed by atoms with E-state index in [9.17, 15) is 0 Å². The van der Waals surface area contributed by atoms with Gasteiger partial charge in [0.25, 0.3) is 0 Å². The van der Waals surface area contributed by atoms with E-state index in [2.05, 4.69) is 179 Å². The highest BCUT2D eigenvalue weighted by Gasteiger charge is 2.26. The lowest BCUT2D eigenvalue weighted by Crippen LogP contribution is -1.97. The average Bonchev–Trinajstić information content (AvgIpc) is 3.95. The van der Waals surface area contributed by atoms with Crippen molar-refractivity contribution in [2.75, 3.05) is 0 Å². The van der Waals surface area contributed by atoms with Crippen molar-refractivity contribution in [2.24, 2.45) is 0 Å². The van der Waals surface area contributed by atoms with Crippen molar-refractivity contribution >= 4 is 87.1 Å². The fourth-order valence-corrected chi connectivity index (χ4v) is 9.63. The summed E-state index contributed by atoms with van der Waals surface area (Å²) in [5, 5.41) is 12.2. The van der Waals surface area contributed by atoms with Gasteiger partial charge < -0.3 is 13.6 Å². The highest BCUT2D eigenvalue weighted by Crippen LogP contribution is 2.50. The Morgan fingerprint density at radius 2 is 1.00 bits per heavy atom. The number of para-hydroxylation sites is 2. The molecule has 0 radical (unpaired) electrons. The van der Waals surface area contributed by atoms with E-state index >= 15 is 0 Å². The molecule has 0 amide bonds. The Morgan fingerprint density at radius 1 is 0.321 bits per heavy atom. The lowest BCUT2D eigenvalue weighted by molar-refractivity contribution is 0.669. The van der Waals surface area contributed by atoms with Crippen LogP contribution in [0.15, 0.2) is 174 Å². The average molecular weight is 673 g/mol. The number of nitrogens with zero attached hydrogens (tertiary/aromatic N) is 2. The molecule has 53 heavy (non-hydrogen) atoms. The van der Waals surface area contributed by atoms with Gasteiger partial charge in [0.2, 0.25) is 0 Å². The third-order valence-corrected chi connectivity index (χ3v) is 11.8. The molecule has 0 spiro atoms. The first-order valence-electron chi connectivity index (χ1n) is 18.3. The van der Waals surface area contributed by atoms with E-state index in [4.69, 9.17) is 4.42 Å². The summed E-state index contributed by atoms with van der Waals surface area (Å²) in [6.45, 7) is 0. The lowest BCUT2D eigenvalue weighted by atomic mass is 10.0. The van der Waals surface area contributed by atoms with Gasteiger partial charge in [-0.3, -0.25) is 0 Å². The third-order valence-electron chi connectivity index (χ3n) is 11.8. The first-order valence-corrected chi connectivity index (χ1v) is 18.3. The van der Waals surface area contributed by atoms with Crippen LogP contribution in [-0.2, 0) is 0 Å². The summed E-state index contributed by atoms with van der Waals surface area (Å²) in [6.07, 6.45) is 0. The number of furan rings is 1. The van der Waals surface area contributed by atoms with Crippen LogP contribution in [0.25, 0.3) is 121 Å². The van der Waals surface area contributed by atoms with Gasteiger partial charge in [0.05, 0.1) is 27.5 Å². The molecule has 13 rings (SSSR count). The van der Waals surface area contributed by atoms with Gasteiger partial charge in [-0.1, -0.05) is 115 Å². The quantitative estimate of drug-likeness (QED) is 0.179. The Bertz CT molecular complexity index is 3570. The van der Waals surface area contributed by atoms with E-state index in [1.54, 1.807) is 0 Å². The molecule has 244 valence electrons. The molecule has 0 bridgehead atoms. The number of hydrogen-bond donors (Lipinski definition) is 0. The van der Waals surface area contributed by atoms with Gasteiger partial charge >= 0.3 is 0 Å². The molecule has 3 heterocycles. The summed E-state index contributed by atoms with van der Waals surface area (Å²) in [7, 11) is 0. The molecule has 0 aliphatic heterocycles. The monoisotopic (exact) mass is 672 g/mol. The van der Waals surface area contributed by atoms with Gasteiger partial charge in [-0.05, 0) is 98.4 Å². The topological polar surface area (TPSA) is 23.0 Å². The molecule has 1 aliphatic carbocycles. The second-order valence-corrected chi connectivity index (χ2v) is 14.5. The van der Waals surface area contributed by atoms with Gasteiger partial charge in [-0.25, -0.2) is 0 Å². The van der Waals surface area contributed by atoms with Crippen molar-refractivity contribution in [2.45, 2.75) is 0 Å². The summed E-state index contributed by atoms with van der Waals surface area (Å²) in [5.74, 6) is 0. The summed E-state index contributed by atoms with van der Waals surface area (Å²) < 4.78 is 11.6. The number of benzene rings is 9. The number of hydrogen-bond acceptors (Lipinski definition) is 1. The fourth-order valence-electron chi connectivity index (χ4n) is 9.63. The summed E-state index contributed by atoms with van der Waals surface area (Å²) in [5.41, 5.74) is 14.1. The van der Waals surface area contributed by atoms with Crippen LogP contribution in [0.4, 0.5) is 0 Å².